The molecule has 1 fully saturated rings. The maximum Gasteiger partial charge on any atom is 0.291 e. The molecule has 0 atom stereocenters. The van der Waals surface area contributed by atoms with Gasteiger partial charge in [-0.2, -0.15) is 0 Å². The number of pyridine rings is 1. The van der Waals surface area contributed by atoms with E-state index in [4.69, 9.17) is 4.84 Å². The number of para-hydroxylation sites is 1. The fourth-order valence-electron chi connectivity index (χ4n) is 2.52. The van der Waals surface area contributed by atoms with E-state index in [0.717, 1.165) is 25.7 Å². The number of amides is 1. The van der Waals surface area contributed by atoms with Crippen molar-refractivity contribution < 1.29 is 9.63 Å². The van der Waals surface area contributed by atoms with Gasteiger partial charge in [0.05, 0.1) is 6.10 Å². The molecular formula is C15H16N2O3. The van der Waals surface area contributed by atoms with Crippen molar-refractivity contribution in [2.75, 3.05) is 0 Å². The fourth-order valence-corrected chi connectivity index (χ4v) is 2.52. The van der Waals surface area contributed by atoms with Crippen LogP contribution >= 0.6 is 0 Å². The number of carbonyl (C=O) groups excluding carboxylic acids is 1. The Labute approximate surface area is 115 Å². The van der Waals surface area contributed by atoms with Gasteiger partial charge in [0.2, 0.25) is 0 Å². The van der Waals surface area contributed by atoms with Crippen molar-refractivity contribution in [1.82, 2.24) is 10.5 Å². The Hall–Kier alpha value is -2.14. The molecule has 2 aromatic rings. The first-order chi connectivity index (χ1) is 9.74. The van der Waals surface area contributed by atoms with Gasteiger partial charge in [-0.25, -0.2) is 5.48 Å². The molecule has 1 aromatic heterocycles. The molecule has 0 bridgehead atoms. The van der Waals surface area contributed by atoms with Crippen molar-refractivity contribution in [2.24, 2.45) is 0 Å². The van der Waals surface area contributed by atoms with Gasteiger partial charge in [0, 0.05) is 17.0 Å². The summed E-state index contributed by atoms with van der Waals surface area (Å²) < 4.78 is 0. The van der Waals surface area contributed by atoms with Crippen molar-refractivity contribution in [3.8, 4) is 0 Å². The second kappa shape index (κ2) is 5.46. The molecule has 1 aliphatic rings. The molecule has 1 amide bonds. The minimum Gasteiger partial charge on any atom is -0.350 e. The quantitative estimate of drug-likeness (QED) is 0.841. The average molecular weight is 272 g/mol. The van der Waals surface area contributed by atoms with Gasteiger partial charge >= 0.3 is 0 Å². The van der Waals surface area contributed by atoms with E-state index < -0.39 is 5.91 Å². The van der Waals surface area contributed by atoms with E-state index in [1.165, 1.54) is 6.07 Å². The fraction of sp³-hybridized carbons (Fsp3) is 0.333. The Morgan fingerprint density at radius 1 is 1.25 bits per heavy atom. The average Bonchev–Trinajstić information content (AvgIpc) is 2.98. The smallest absolute Gasteiger partial charge is 0.291 e. The molecule has 2 N–H and O–H groups in total. The molecule has 0 spiro atoms. The Bertz CT molecular complexity index is 687. The topological polar surface area (TPSA) is 71.2 Å². The Balaban J connectivity index is 1.79. The van der Waals surface area contributed by atoms with Gasteiger partial charge in [0.1, 0.15) is 5.69 Å². The lowest BCUT2D eigenvalue weighted by Gasteiger charge is -2.11. The molecule has 1 saturated carbocycles. The van der Waals surface area contributed by atoms with Crippen molar-refractivity contribution in [3.05, 3.63) is 46.2 Å². The van der Waals surface area contributed by atoms with E-state index in [-0.39, 0.29) is 17.2 Å². The highest BCUT2D eigenvalue weighted by Crippen LogP contribution is 2.19. The van der Waals surface area contributed by atoms with E-state index in [1.807, 2.05) is 6.07 Å². The third-order valence-electron chi connectivity index (χ3n) is 3.60. The zero-order valence-electron chi connectivity index (χ0n) is 11.0. The largest absolute Gasteiger partial charge is 0.350 e. The van der Waals surface area contributed by atoms with Crippen LogP contribution in [-0.4, -0.2) is 17.0 Å². The maximum absolute atomic E-state index is 12.0. The number of aromatic nitrogens is 1. The Morgan fingerprint density at radius 3 is 2.80 bits per heavy atom. The molecule has 0 aliphatic heterocycles. The molecular weight excluding hydrogens is 256 g/mol. The van der Waals surface area contributed by atoms with Gasteiger partial charge < -0.3 is 4.98 Å². The summed E-state index contributed by atoms with van der Waals surface area (Å²) in [5.74, 6) is -0.417. The van der Waals surface area contributed by atoms with Crippen LogP contribution in [0.25, 0.3) is 10.9 Å². The normalized spacial score (nSPS) is 15.6. The first kappa shape index (κ1) is 12.9. The van der Waals surface area contributed by atoms with E-state index in [2.05, 4.69) is 10.5 Å². The Kier molecular flexibility index (Phi) is 3.52. The Morgan fingerprint density at radius 2 is 2.00 bits per heavy atom. The van der Waals surface area contributed by atoms with Crippen LogP contribution in [-0.2, 0) is 4.84 Å². The number of H-pyrrole nitrogens is 1. The molecule has 5 heteroatoms. The molecule has 0 unspecified atom stereocenters. The first-order valence-electron chi connectivity index (χ1n) is 6.82. The lowest BCUT2D eigenvalue weighted by Crippen LogP contribution is -2.29. The van der Waals surface area contributed by atoms with Gasteiger partial charge in [0.15, 0.2) is 5.43 Å². The minimum atomic E-state index is -0.417. The van der Waals surface area contributed by atoms with Crippen LogP contribution < -0.4 is 10.9 Å². The van der Waals surface area contributed by atoms with Crippen LogP contribution in [0.3, 0.4) is 0 Å². The van der Waals surface area contributed by atoms with Crippen LogP contribution in [0.1, 0.15) is 36.2 Å². The highest BCUT2D eigenvalue weighted by atomic mass is 16.7. The number of benzene rings is 1. The monoisotopic (exact) mass is 272 g/mol. The molecule has 20 heavy (non-hydrogen) atoms. The number of rotatable bonds is 3. The third-order valence-corrected chi connectivity index (χ3v) is 3.60. The second-order valence-electron chi connectivity index (χ2n) is 5.05. The van der Waals surface area contributed by atoms with Gasteiger partial charge in [-0.05, 0) is 25.0 Å². The van der Waals surface area contributed by atoms with Crippen molar-refractivity contribution >= 4 is 16.8 Å². The van der Waals surface area contributed by atoms with Crippen molar-refractivity contribution in [1.29, 1.82) is 0 Å². The molecule has 0 saturated heterocycles. The lowest BCUT2D eigenvalue weighted by molar-refractivity contribution is -0.0127. The lowest BCUT2D eigenvalue weighted by atomic mass is 10.2. The summed E-state index contributed by atoms with van der Waals surface area (Å²) in [7, 11) is 0. The zero-order chi connectivity index (χ0) is 13.9. The summed E-state index contributed by atoms with van der Waals surface area (Å²) in [5, 5.41) is 0.570. The third kappa shape index (κ3) is 2.58. The predicted octanol–water partition coefficient (Wildman–Crippen LogP) is 2.13. The van der Waals surface area contributed by atoms with E-state index >= 15 is 0 Å². The maximum atomic E-state index is 12.0. The summed E-state index contributed by atoms with van der Waals surface area (Å²) in [6.45, 7) is 0. The predicted molar refractivity (Wildman–Crippen MR) is 75.4 cm³/mol. The molecule has 3 rings (SSSR count). The summed E-state index contributed by atoms with van der Waals surface area (Å²) in [6, 6.07) is 8.40. The number of hydrogen-bond donors (Lipinski definition) is 2. The first-order valence-corrected chi connectivity index (χ1v) is 6.82. The molecule has 1 heterocycles. The second-order valence-corrected chi connectivity index (χ2v) is 5.05. The van der Waals surface area contributed by atoms with Crippen LogP contribution in [0.4, 0.5) is 0 Å². The zero-order valence-corrected chi connectivity index (χ0v) is 11.0. The molecule has 5 nitrogen and oxygen atoms in total. The number of aromatic amines is 1. The number of hydroxylamine groups is 1. The number of nitrogens with one attached hydrogen (secondary N) is 2. The summed E-state index contributed by atoms with van der Waals surface area (Å²) in [6.07, 6.45) is 4.29. The molecule has 1 aromatic carbocycles. The standard InChI is InChI=1S/C15H16N2O3/c18-14-9-13(16-12-8-4-3-7-11(12)14)15(19)17-20-10-5-1-2-6-10/h3-4,7-10H,1-2,5-6H2,(H,16,18)(H,17,19). The van der Waals surface area contributed by atoms with Crippen LogP contribution in [0.2, 0.25) is 0 Å². The van der Waals surface area contributed by atoms with Crippen molar-refractivity contribution in [3.63, 3.8) is 0 Å². The molecule has 104 valence electrons. The van der Waals surface area contributed by atoms with Gasteiger partial charge in [0.25, 0.3) is 5.91 Å². The number of hydrogen-bond acceptors (Lipinski definition) is 3. The van der Waals surface area contributed by atoms with Gasteiger partial charge in [-0.1, -0.05) is 25.0 Å². The molecule has 0 radical (unpaired) electrons. The van der Waals surface area contributed by atoms with Gasteiger partial charge in [-0.15, -0.1) is 0 Å². The summed E-state index contributed by atoms with van der Waals surface area (Å²) in [5.41, 5.74) is 3.11. The summed E-state index contributed by atoms with van der Waals surface area (Å²) in [4.78, 5) is 32.2. The van der Waals surface area contributed by atoms with Crippen LogP contribution in [0, 0.1) is 0 Å². The van der Waals surface area contributed by atoms with E-state index in [9.17, 15) is 9.59 Å². The molecule has 1 aliphatic carbocycles. The van der Waals surface area contributed by atoms with Crippen LogP contribution in [0.15, 0.2) is 35.1 Å². The van der Waals surface area contributed by atoms with E-state index in [0.29, 0.717) is 10.9 Å². The highest BCUT2D eigenvalue weighted by molar-refractivity contribution is 5.94. The van der Waals surface area contributed by atoms with Crippen molar-refractivity contribution in [2.45, 2.75) is 31.8 Å². The minimum absolute atomic E-state index is 0.0890. The SMILES string of the molecule is O=C(NOC1CCCC1)c1cc(=O)c2ccccc2[nH]1. The van der Waals surface area contributed by atoms with E-state index in [1.54, 1.807) is 18.2 Å². The van der Waals surface area contributed by atoms with Crippen LogP contribution in [0.5, 0.6) is 0 Å². The highest BCUT2D eigenvalue weighted by Gasteiger charge is 2.17. The summed E-state index contributed by atoms with van der Waals surface area (Å²) >= 11 is 0. The number of fused-ring (bicyclic) bond motifs is 1. The van der Waals surface area contributed by atoms with Gasteiger partial charge in [-0.3, -0.25) is 14.4 Å². The number of carbonyl (C=O) groups is 1.